The first-order valence-electron chi connectivity index (χ1n) is 24.4. The van der Waals surface area contributed by atoms with E-state index in [1.54, 1.807) is 48.7 Å². The molecule has 8 rings (SSSR count). The Morgan fingerprint density at radius 3 is 2.11 bits per heavy atom. The van der Waals surface area contributed by atoms with Gasteiger partial charge < -0.3 is 14.4 Å². The smallest absolute Gasteiger partial charge is 0.216 e. The first-order chi connectivity index (χ1) is 31.5. The molecule has 0 saturated carbocycles. The molecule has 0 fully saturated rings. The van der Waals surface area contributed by atoms with Crippen molar-refractivity contribution in [3.8, 4) is 33.6 Å². The zero-order valence-corrected chi connectivity index (χ0v) is 35.1. The van der Waals surface area contributed by atoms with E-state index >= 15 is 0 Å². The average Bonchev–Trinajstić information content (AvgIpc) is 3.67. The Morgan fingerprint density at radius 1 is 0.667 bits per heavy atom. The molecule has 0 saturated heterocycles. The molecule has 4 heterocycles. The Labute approximate surface area is 369 Å². The van der Waals surface area contributed by atoms with Crippen LogP contribution in [0.5, 0.6) is 0 Å². The standard InChI is InChI=1S/C29H27N2O.C23H24N.Ir/c1-19-8-15-24-23-6-5-7-25(27(23)32-28(24)31-19)26-18-21(16-17-30-26)10-9-20-11-13-22(14-12-20)29(2,3)4;1-17-5-9-20(10-6-17)22-15-21(13-14-24-22)19-11-7-18(8-12-19)16-23(2,3)4;/h5-6,8,11-18H,9-10H2,1-4H3;5-9,11-15H,16H2,1-4H3;/q2*-1;/i1D3,9D2,10D2;1D3,16D2;. The Morgan fingerprint density at radius 2 is 1.40 bits per heavy atom. The molecular formula is C52H51IrN3O-2. The van der Waals surface area contributed by atoms with E-state index in [1.807, 2.05) is 69.3 Å². The van der Waals surface area contributed by atoms with E-state index < -0.39 is 38.2 Å². The van der Waals surface area contributed by atoms with Gasteiger partial charge in [-0.1, -0.05) is 126 Å². The Balaban J connectivity index is 0.000000233. The summed E-state index contributed by atoms with van der Waals surface area (Å²) in [6, 6.07) is 38.7. The molecule has 0 N–H and O–H groups in total. The number of aromatic nitrogens is 3. The summed E-state index contributed by atoms with van der Waals surface area (Å²) in [6.07, 6.45) is -3.03. The van der Waals surface area contributed by atoms with Gasteiger partial charge in [0.25, 0.3) is 0 Å². The van der Waals surface area contributed by atoms with Gasteiger partial charge in [0, 0.05) is 60.0 Å². The molecule has 0 aliphatic heterocycles. The van der Waals surface area contributed by atoms with Crippen LogP contribution in [0.15, 0.2) is 132 Å². The molecular weight excluding hydrogens is 875 g/mol. The molecule has 0 spiro atoms. The molecule has 0 bridgehead atoms. The summed E-state index contributed by atoms with van der Waals surface area (Å²) >= 11 is 0. The number of furan rings is 1. The van der Waals surface area contributed by atoms with E-state index in [2.05, 4.69) is 47.9 Å². The first-order valence-corrected chi connectivity index (χ1v) is 18.4. The minimum atomic E-state index is -2.40. The van der Waals surface area contributed by atoms with E-state index in [0.717, 1.165) is 22.3 Å². The van der Waals surface area contributed by atoms with Gasteiger partial charge in [0.15, 0.2) is 0 Å². The number of nitrogens with zero attached hydrogens (tertiary/aromatic N) is 3. The van der Waals surface area contributed by atoms with Crippen molar-refractivity contribution in [2.45, 2.75) is 79.8 Å². The van der Waals surface area contributed by atoms with E-state index in [1.165, 1.54) is 30.5 Å². The SMILES string of the molecule is [2H]C([2H])([2H])c1c[c-]c(-c2cc(-c3ccc(C([2H])([2H])C(C)(C)C)cc3)ccn2)cc1.[2H]C([2H])([2H])c1ccc2c(n1)oc1c(-c3cc(C([2H])([2H])C([2H])([2H])c4ccc(C(C)(C)C)cc4)ccn3)[c-]ccc12.[Ir]. The van der Waals surface area contributed by atoms with Crippen LogP contribution >= 0.6 is 0 Å². The first kappa shape index (κ1) is 28.2. The van der Waals surface area contributed by atoms with Gasteiger partial charge in [0.05, 0.1) is 5.58 Å². The molecule has 4 aromatic heterocycles. The second kappa shape index (κ2) is 17.5. The van der Waals surface area contributed by atoms with Gasteiger partial charge >= 0.3 is 0 Å². The van der Waals surface area contributed by atoms with Crippen LogP contribution in [0.2, 0.25) is 0 Å². The van der Waals surface area contributed by atoms with Gasteiger partial charge in [-0.3, -0.25) is 0 Å². The second-order valence-corrected chi connectivity index (χ2v) is 15.6. The minimum Gasteiger partial charge on any atom is -0.486 e. The fraction of sp³-hybridized carbons (Fsp3) is 0.250. The van der Waals surface area contributed by atoms with Crippen molar-refractivity contribution >= 4 is 22.1 Å². The molecule has 0 atom stereocenters. The largest absolute Gasteiger partial charge is 0.486 e. The van der Waals surface area contributed by atoms with Crippen LogP contribution in [0.1, 0.15) is 91.5 Å². The molecule has 4 aromatic carbocycles. The fourth-order valence-electron chi connectivity index (χ4n) is 6.18. The van der Waals surface area contributed by atoms with Gasteiger partial charge in [-0.2, -0.15) is 0 Å². The third-order valence-electron chi connectivity index (χ3n) is 9.00. The topological polar surface area (TPSA) is 51.8 Å². The molecule has 57 heavy (non-hydrogen) atoms. The maximum atomic E-state index is 8.84. The molecule has 0 amide bonds. The van der Waals surface area contributed by atoms with Crippen LogP contribution in [-0.2, 0) is 44.6 Å². The van der Waals surface area contributed by atoms with Crippen LogP contribution in [0.4, 0.5) is 0 Å². The van der Waals surface area contributed by atoms with Crippen LogP contribution in [0, 0.1) is 31.3 Å². The Hall–Kier alpha value is -5.22. The van der Waals surface area contributed by atoms with Gasteiger partial charge in [0.2, 0.25) is 5.71 Å². The second-order valence-electron chi connectivity index (χ2n) is 15.6. The third kappa shape index (κ3) is 10.4. The van der Waals surface area contributed by atoms with Crippen molar-refractivity contribution < 1.29 is 41.0 Å². The number of benzene rings is 4. The van der Waals surface area contributed by atoms with Crippen LogP contribution in [0.3, 0.4) is 0 Å². The normalized spacial score (nSPS) is 15.9. The predicted molar refractivity (Wildman–Crippen MR) is 233 cm³/mol. The maximum Gasteiger partial charge on any atom is 0.216 e. The maximum absolute atomic E-state index is 8.84. The molecule has 0 aliphatic rings. The number of pyridine rings is 3. The number of hydrogen-bond acceptors (Lipinski definition) is 4. The van der Waals surface area contributed by atoms with Crippen LogP contribution in [0.25, 0.3) is 55.7 Å². The summed E-state index contributed by atoms with van der Waals surface area (Å²) in [5, 5.41) is 1.32. The fourth-order valence-corrected chi connectivity index (χ4v) is 6.18. The summed E-state index contributed by atoms with van der Waals surface area (Å²) < 4.78 is 103. The zero-order valence-electron chi connectivity index (χ0n) is 44.7. The number of hydrogen-bond donors (Lipinski definition) is 0. The number of fused-ring (bicyclic) bond motifs is 3. The van der Waals surface area contributed by atoms with Gasteiger partial charge in [-0.05, 0) is 100 Å². The van der Waals surface area contributed by atoms with E-state index in [9.17, 15) is 0 Å². The van der Waals surface area contributed by atoms with Gasteiger partial charge in [-0.15, -0.1) is 53.6 Å². The quantitative estimate of drug-likeness (QED) is 0.149. The van der Waals surface area contributed by atoms with Gasteiger partial charge in [0.1, 0.15) is 0 Å². The summed E-state index contributed by atoms with van der Waals surface area (Å²) in [5.74, 6) is 0. The predicted octanol–water partition coefficient (Wildman–Crippen LogP) is 13.3. The van der Waals surface area contributed by atoms with Crippen molar-refractivity contribution in [3.05, 3.63) is 173 Å². The Bertz CT molecular complexity index is 3080. The molecule has 291 valence electrons. The van der Waals surface area contributed by atoms with E-state index in [0.29, 0.717) is 38.9 Å². The average molecular weight is 938 g/mol. The van der Waals surface area contributed by atoms with Crippen molar-refractivity contribution in [3.63, 3.8) is 0 Å². The van der Waals surface area contributed by atoms with Crippen molar-refractivity contribution in [2.75, 3.05) is 0 Å². The molecule has 0 unspecified atom stereocenters. The minimum absolute atomic E-state index is 0. The monoisotopic (exact) mass is 938 g/mol. The van der Waals surface area contributed by atoms with E-state index in [-0.39, 0.29) is 53.6 Å². The third-order valence-corrected chi connectivity index (χ3v) is 9.00. The molecule has 1 radical (unpaired) electrons. The summed E-state index contributed by atoms with van der Waals surface area (Å²) in [5.41, 5.74) is 6.26. The van der Waals surface area contributed by atoms with Crippen LogP contribution < -0.4 is 0 Å². The van der Waals surface area contributed by atoms with Gasteiger partial charge in [-0.25, -0.2) is 4.98 Å². The summed E-state index contributed by atoms with van der Waals surface area (Å²) in [6.45, 7) is 7.35. The molecule has 0 aliphatic carbocycles. The summed E-state index contributed by atoms with van der Waals surface area (Å²) in [4.78, 5) is 13.0. The van der Waals surface area contributed by atoms with Crippen molar-refractivity contribution in [1.29, 1.82) is 0 Å². The molecule has 8 aromatic rings. The van der Waals surface area contributed by atoms with Crippen molar-refractivity contribution in [1.82, 2.24) is 15.0 Å². The number of aryl methyl sites for hydroxylation is 4. The number of rotatable bonds is 7. The van der Waals surface area contributed by atoms with Crippen LogP contribution in [-0.4, -0.2) is 15.0 Å². The van der Waals surface area contributed by atoms with Crippen molar-refractivity contribution in [2.24, 2.45) is 5.41 Å². The zero-order chi connectivity index (χ0) is 49.8. The van der Waals surface area contributed by atoms with E-state index in [4.69, 9.17) is 20.9 Å². The molecule has 4 nitrogen and oxygen atoms in total. The summed E-state index contributed by atoms with van der Waals surface area (Å²) in [7, 11) is 0. The Kier molecular flexibility index (Phi) is 8.67. The molecule has 5 heteroatoms.